The zero-order valence-electron chi connectivity index (χ0n) is 14.0. The van der Waals surface area contributed by atoms with Crippen molar-refractivity contribution in [1.82, 2.24) is 15.2 Å². The fourth-order valence-electron chi connectivity index (χ4n) is 3.01. The first-order chi connectivity index (χ1) is 11.7. The fraction of sp³-hybridized carbons (Fsp3) is 0.444. The number of rotatable bonds is 6. The van der Waals surface area contributed by atoms with Crippen LogP contribution in [0.25, 0.3) is 0 Å². The molecule has 1 aromatic carbocycles. The van der Waals surface area contributed by atoms with Gasteiger partial charge in [0.1, 0.15) is 0 Å². The summed E-state index contributed by atoms with van der Waals surface area (Å²) in [5.41, 5.74) is 5.00. The Labute approximate surface area is 147 Å². The van der Waals surface area contributed by atoms with Crippen LogP contribution < -0.4 is 10.6 Å². The number of hydrogen-bond acceptors (Lipinski definition) is 5. The van der Waals surface area contributed by atoms with Crippen molar-refractivity contribution in [2.24, 2.45) is 0 Å². The van der Waals surface area contributed by atoms with E-state index in [1.54, 1.807) is 11.3 Å². The largest absolute Gasteiger partial charge is 0.325 e. The molecule has 2 heterocycles. The third-order valence-corrected chi connectivity index (χ3v) is 4.82. The first-order valence-electron chi connectivity index (χ1n) is 8.39. The summed E-state index contributed by atoms with van der Waals surface area (Å²) < 4.78 is 0. The van der Waals surface area contributed by atoms with Crippen molar-refractivity contribution in [2.45, 2.75) is 38.4 Å². The highest BCUT2D eigenvalue weighted by Crippen LogP contribution is 2.15. The molecular formula is C18H24N4OS. The average molecular weight is 344 g/mol. The Morgan fingerprint density at radius 2 is 2.33 bits per heavy atom. The Morgan fingerprint density at radius 3 is 3.08 bits per heavy atom. The van der Waals surface area contributed by atoms with Gasteiger partial charge >= 0.3 is 0 Å². The molecule has 1 aromatic heterocycles. The van der Waals surface area contributed by atoms with E-state index in [0.717, 1.165) is 50.3 Å². The van der Waals surface area contributed by atoms with Gasteiger partial charge in [0.2, 0.25) is 5.91 Å². The molecule has 1 aliphatic heterocycles. The van der Waals surface area contributed by atoms with Gasteiger partial charge in [-0.05, 0) is 44.1 Å². The Balaban J connectivity index is 1.56. The van der Waals surface area contributed by atoms with Gasteiger partial charge in [-0.25, -0.2) is 4.98 Å². The summed E-state index contributed by atoms with van der Waals surface area (Å²) in [5, 5.41) is 8.40. The summed E-state index contributed by atoms with van der Waals surface area (Å²) in [4.78, 5) is 18.9. The molecule has 0 saturated carbocycles. The Morgan fingerprint density at radius 1 is 1.42 bits per heavy atom. The lowest BCUT2D eigenvalue weighted by atomic mass is 10.0. The second-order valence-corrected chi connectivity index (χ2v) is 7.06. The number of aromatic nitrogens is 1. The van der Waals surface area contributed by atoms with E-state index in [1.165, 1.54) is 5.56 Å². The number of nitrogens with zero attached hydrogens (tertiary/aromatic N) is 2. The van der Waals surface area contributed by atoms with Crippen molar-refractivity contribution in [3.8, 4) is 0 Å². The maximum absolute atomic E-state index is 12.3. The summed E-state index contributed by atoms with van der Waals surface area (Å²) in [7, 11) is 2.08. The lowest BCUT2D eigenvalue weighted by Gasteiger charge is -2.22. The van der Waals surface area contributed by atoms with E-state index < -0.39 is 0 Å². The highest BCUT2D eigenvalue weighted by molar-refractivity contribution is 7.07. The van der Waals surface area contributed by atoms with Crippen LogP contribution in [0.5, 0.6) is 0 Å². The lowest BCUT2D eigenvalue weighted by Crippen LogP contribution is -2.43. The maximum Gasteiger partial charge on any atom is 0.241 e. The molecule has 2 aromatic rings. The summed E-state index contributed by atoms with van der Waals surface area (Å²) >= 11 is 1.62. The topological polar surface area (TPSA) is 57.3 Å². The maximum atomic E-state index is 12.3. The van der Waals surface area contributed by atoms with E-state index >= 15 is 0 Å². The minimum atomic E-state index is -0.0604. The molecule has 0 spiro atoms. The second kappa shape index (κ2) is 8.37. The van der Waals surface area contributed by atoms with Crippen molar-refractivity contribution in [2.75, 3.05) is 18.9 Å². The summed E-state index contributed by atoms with van der Waals surface area (Å²) in [6.07, 6.45) is 3.19. The quantitative estimate of drug-likeness (QED) is 0.846. The van der Waals surface area contributed by atoms with Crippen LogP contribution in [0.4, 0.5) is 5.69 Å². The molecule has 24 heavy (non-hydrogen) atoms. The van der Waals surface area contributed by atoms with E-state index in [-0.39, 0.29) is 11.9 Å². The van der Waals surface area contributed by atoms with Crippen LogP contribution in [0.15, 0.2) is 35.2 Å². The van der Waals surface area contributed by atoms with Gasteiger partial charge in [0.15, 0.2) is 0 Å². The molecule has 3 rings (SSSR count). The molecule has 0 aliphatic carbocycles. The molecular weight excluding hydrogens is 320 g/mol. The van der Waals surface area contributed by atoms with Crippen molar-refractivity contribution >= 4 is 22.9 Å². The number of benzene rings is 1. The van der Waals surface area contributed by atoms with Gasteiger partial charge in [-0.1, -0.05) is 18.6 Å². The van der Waals surface area contributed by atoms with Gasteiger partial charge in [0.25, 0.3) is 0 Å². The van der Waals surface area contributed by atoms with Crippen LogP contribution in [0.2, 0.25) is 0 Å². The van der Waals surface area contributed by atoms with Gasteiger partial charge in [0, 0.05) is 24.2 Å². The molecule has 5 nitrogen and oxygen atoms in total. The van der Waals surface area contributed by atoms with E-state index in [2.05, 4.69) is 45.1 Å². The molecule has 1 amide bonds. The minimum Gasteiger partial charge on any atom is -0.325 e. The van der Waals surface area contributed by atoms with Crippen LogP contribution in [0, 0.1) is 0 Å². The zero-order valence-corrected chi connectivity index (χ0v) is 14.8. The Kier molecular flexibility index (Phi) is 5.96. The van der Waals surface area contributed by atoms with Crippen LogP contribution in [-0.2, 0) is 17.9 Å². The standard InChI is InChI=1S/C18H24N4OS/c1-22(11-16-12-24-13-20-16)10-14-5-4-6-15(9-14)21-18(23)17-7-2-3-8-19-17/h4-6,9,12-13,17,19H,2-3,7-8,10-11H2,1H3,(H,21,23)/t17-/m1/s1. The van der Waals surface area contributed by atoms with Gasteiger partial charge < -0.3 is 10.6 Å². The van der Waals surface area contributed by atoms with Crippen molar-refractivity contribution in [1.29, 1.82) is 0 Å². The monoisotopic (exact) mass is 344 g/mol. The van der Waals surface area contributed by atoms with Crippen LogP contribution in [0.3, 0.4) is 0 Å². The summed E-state index contributed by atoms with van der Waals surface area (Å²) in [6.45, 7) is 2.58. The SMILES string of the molecule is CN(Cc1cccc(NC(=O)[C@H]2CCCCN2)c1)Cc1cscn1. The molecule has 1 saturated heterocycles. The number of carbonyl (C=O) groups is 1. The molecule has 0 bridgehead atoms. The number of amides is 1. The van der Waals surface area contributed by atoms with E-state index in [1.807, 2.05) is 17.6 Å². The number of carbonyl (C=O) groups excluding carboxylic acids is 1. The van der Waals surface area contributed by atoms with Crippen LogP contribution in [-0.4, -0.2) is 35.4 Å². The molecule has 1 atom stereocenters. The third-order valence-electron chi connectivity index (χ3n) is 4.19. The second-order valence-electron chi connectivity index (χ2n) is 6.34. The highest BCUT2D eigenvalue weighted by Gasteiger charge is 2.20. The van der Waals surface area contributed by atoms with Gasteiger partial charge in [-0.15, -0.1) is 11.3 Å². The Hall–Kier alpha value is -1.76. The summed E-state index contributed by atoms with van der Waals surface area (Å²) in [5.74, 6) is 0.0719. The van der Waals surface area contributed by atoms with Crippen molar-refractivity contribution in [3.05, 3.63) is 46.4 Å². The van der Waals surface area contributed by atoms with Crippen LogP contribution in [0.1, 0.15) is 30.5 Å². The predicted octanol–water partition coefficient (Wildman–Crippen LogP) is 2.86. The molecule has 1 fully saturated rings. The predicted molar refractivity (Wildman–Crippen MR) is 98.0 cm³/mol. The highest BCUT2D eigenvalue weighted by atomic mass is 32.1. The number of piperidine rings is 1. The smallest absolute Gasteiger partial charge is 0.241 e. The first kappa shape index (κ1) is 17.1. The normalized spacial score (nSPS) is 17.8. The van der Waals surface area contributed by atoms with E-state index in [9.17, 15) is 4.79 Å². The molecule has 6 heteroatoms. The Bertz CT molecular complexity index is 653. The number of anilines is 1. The fourth-order valence-corrected chi connectivity index (χ4v) is 3.56. The molecule has 128 valence electrons. The molecule has 1 aliphatic rings. The minimum absolute atomic E-state index is 0.0604. The number of nitrogens with one attached hydrogen (secondary N) is 2. The average Bonchev–Trinajstić information content (AvgIpc) is 3.08. The zero-order chi connectivity index (χ0) is 16.8. The van der Waals surface area contributed by atoms with Gasteiger partial charge in [0.05, 0.1) is 17.2 Å². The first-order valence-corrected chi connectivity index (χ1v) is 9.34. The number of hydrogen-bond donors (Lipinski definition) is 2. The lowest BCUT2D eigenvalue weighted by molar-refractivity contribution is -0.118. The number of thiazole rings is 1. The molecule has 2 N–H and O–H groups in total. The summed E-state index contributed by atoms with van der Waals surface area (Å²) in [6, 6.07) is 8.03. The van der Waals surface area contributed by atoms with Crippen molar-refractivity contribution < 1.29 is 4.79 Å². The van der Waals surface area contributed by atoms with Crippen LogP contribution >= 0.6 is 11.3 Å². The van der Waals surface area contributed by atoms with Crippen molar-refractivity contribution in [3.63, 3.8) is 0 Å². The third kappa shape index (κ3) is 4.87. The van der Waals surface area contributed by atoms with Gasteiger partial charge in [-0.3, -0.25) is 9.69 Å². The van der Waals surface area contributed by atoms with E-state index in [0.29, 0.717) is 0 Å². The molecule has 0 radical (unpaired) electrons. The van der Waals surface area contributed by atoms with E-state index in [4.69, 9.17) is 0 Å². The molecule has 0 unspecified atom stereocenters. The van der Waals surface area contributed by atoms with Gasteiger partial charge in [-0.2, -0.15) is 0 Å².